The molecule has 1 aliphatic rings. The molecule has 0 spiro atoms. The summed E-state index contributed by atoms with van der Waals surface area (Å²) >= 11 is 0. The molecule has 2 heteroatoms. The summed E-state index contributed by atoms with van der Waals surface area (Å²) in [5.74, 6) is 0. The summed E-state index contributed by atoms with van der Waals surface area (Å²) in [5, 5.41) is 3.04. The van der Waals surface area contributed by atoms with Gasteiger partial charge in [0.25, 0.3) is 0 Å². The molecule has 30 valence electrons. The maximum absolute atomic E-state index is 3.04. The van der Waals surface area contributed by atoms with Crippen LogP contribution >= 0.6 is 0 Å². The van der Waals surface area contributed by atoms with Gasteiger partial charge < -0.3 is 5.32 Å². The third kappa shape index (κ3) is 1.67. The highest BCUT2D eigenvalue weighted by Gasteiger charge is 1.81. The zero-order valence-corrected chi connectivity index (χ0v) is 5.19. The van der Waals surface area contributed by atoms with E-state index in [-0.39, 0.29) is 23.1 Å². The Morgan fingerprint density at radius 1 is 1.50 bits per heavy atom. The molecule has 1 heterocycles. The van der Waals surface area contributed by atoms with E-state index in [0.717, 1.165) is 6.54 Å². The van der Waals surface area contributed by atoms with Crippen LogP contribution in [0.3, 0.4) is 0 Å². The lowest BCUT2D eigenvalue weighted by molar-refractivity contribution is 0.917. The Bertz CT molecular complexity index is 45.5. The summed E-state index contributed by atoms with van der Waals surface area (Å²) in [6.07, 6.45) is 5.32. The molecule has 1 N–H and O–H groups in total. The number of rotatable bonds is 0. The van der Waals surface area contributed by atoms with Gasteiger partial charge in [0.2, 0.25) is 0 Å². The highest BCUT2D eigenvalue weighted by molar-refractivity contribution is 5.75. The summed E-state index contributed by atoms with van der Waals surface area (Å²) in [5.41, 5.74) is 0. The lowest BCUT2D eigenvalue weighted by Crippen LogP contribution is -1.96. The molecule has 0 saturated carbocycles. The summed E-state index contributed by atoms with van der Waals surface area (Å²) < 4.78 is 0. The summed E-state index contributed by atoms with van der Waals surface area (Å²) in [6.45, 7) is 1.14. The normalized spacial score (nSPS) is 16.0. The fourth-order valence-corrected chi connectivity index (χ4v) is 0.417. The quantitative estimate of drug-likeness (QED) is 0.419. The summed E-state index contributed by atoms with van der Waals surface area (Å²) in [4.78, 5) is 0. The zero-order chi connectivity index (χ0) is 3.54. The highest BCUT2D eigenvalue weighted by Crippen LogP contribution is 1.84. The third-order valence-corrected chi connectivity index (χ3v) is 0.691. The van der Waals surface area contributed by atoms with Crippen LogP contribution in [0.15, 0.2) is 12.3 Å². The number of hydrogen-bond acceptors (Lipinski definition) is 1. The van der Waals surface area contributed by atoms with Crippen LogP contribution < -0.4 is 5.32 Å². The minimum Gasteiger partial charge on any atom is -0.391 e. The molecule has 0 unspecified atom stereocenters. The van der Waals surface area contributed by atoms with Crippen LogP contribution in [0.25, 0.3) is 0 Å². The first-order chi connectivity index (χ1) is 2.50. The molecular formula is C4H7MgN. The molecule has 1 nitrogen and oxygen atoms in total. The van der Waals surface area contributed by atoms with Gasteiger partial charge in [-0.2, -0.15) is 0 Å². The zero-order valence-electron chi connectivity index (χ0n) is 3.78. The minimum atomic E-state index is 0. The van der Waals surface area contributed by atoms with Crippen molar-refractivity contribution in [3.63, 3.8) is 0 Å². The van der Waals surface area contributed by atoms with Crippen molar-refractivity contribution >= 4 is 23.1 Å². The van der Waals surface area contributed by atoms with E-state index in [4.69, 9.17) is 0 Å². The van der Waals surface area contributed by atoms with Gasteiger partial charge in [-0.3, -0.25) is 0 Å². The molecule has 0 aromatic heterocycles. The Morgan fingerprint density at radius 3 is 2.50 bits per heavy atom. The molecule has 0 aromatic rings. The molecule has 0 atom stereocenters. The molecule has 0 amide bonds. The third-order valence-electron chi connectivity index (χ3n) is 0.691. The number of nitrogens with one attached hydrogen (secondary N) is 1. The van der Waals surface area contributed by atoms with Gasteiger partial charge in [0.15, 0.2) is 0 Å². The summed E-state index contributed by atoms with van der Waals surface area (Å²) in [6, 6.07) is 0. The standard InChI is InChI=1S/C4H7N.Mg/c1-2-4-5-3-1;/h1,3,5H,2,4H2;. The monoisotopic (exact) mass is 93.0 g/mol. The van der Waals surface area contributed by atoms with Gasteiger partial charge in [-0.1, -0.05) is 6.08 Å². The van der Waals surface area contributed by atoms with Gasteiger partial charge in [-0.25, -0.2) is 0 Å². The van der Waals surface area contributed by atoms with E-state index >= 15 is 0 Å². The molecule has 2 radical (unpaired) electrons. The Hall–Kier alpha value is 0.306. The van der Waals surface area contributed by atoms with Gasteiger partial charge in [-0.15, -0.1) is 0 Å². The van der Waals surface area contributed by atoms with Crippen molar-refractivity contribution in [3.8, 4) is 0 Å². The minimum absolute atomic E-state index is 0. The molecular weight excluding hydrogens is 86.4 g/mol. The average molecular weight is 93.4 g/mol. The molecule has 6 heavy (non-hydrogen) atoms. The lowest BCUT2D eigenvalue weighted by atomic mass is 10.5. The Kier molecular flexibility index (Phi) is 3.67. The van der Waals surface area contributed by atoms with Crippen molar-refractivity contribution in [1.82, 2.24) is 5.32 Å². The van der Waals surface area contributed by atoms with Crippen molar-refractivity contribution in [2.45, 2.75) is 6.42 Å². The van der Waals surface area contributed by atoms with E-state index in [9.17, 15) is 0 Å². The first-order valence-corrected chi connectivity index (χ1v) is 1.88. The maximum atomic E-state index is 3.04. The van der Waals surface area contributed by atoms with E-state index < -0.39 is 0 Å². The maximum Gasteiger partial charge on any atom is 0.0176 e. The van der Waals surface area contributed by atoms with Crippen LogP contribution in [0.5, 0.6) is 0 Å². The second kappa shape index (κ2) is 3.49. The number of hydrogen-bond donors (Lipinski definition) is 1. The van der Waals surface area contributed by atoms with Crippen molar-refractivity contribution in [3.05, 3.63) is 12.3 Å². The van der Waals surface area contributed by atoms with Gasteiger partial charge in [-0.05, 0) is 12.6 Å². The van der Waals surface area contributed by atoms with E-state index in [1.54, 1.807) is 0 Å². The fraction of sp³-hybridized carbons (Fsp3) is 0.500. The van der Waals surface area contributed by atoms with Crippen LogP contribution in [0.1, 0.15) is 6.42 Å². The van der Waals surface area contributed by atoms with E-state index in [1.807, 2.05) is 6.20 Å². The largest absolute Gasteiger partial charge is 0.391 e. The molecule has 0 aromatic carbocycles. The Labute approximate surface area is 54.0 Å². The first kappa shape index (κ1) is 6.31. The van der Waals surface area contributed by atoms with Gasteiger partial charge in [0.1, 0.15) is 0 Å². The predicted molar refractivity (Wildman–Crippen MR) is 27.5 cm³/mol. The van der Waals surface area contributed by atoms with E-state index in [1.165, 1.54) is 6.42 Å². The van der Waals surface area contributed by atoms with E-state index in [2.05, 4.69) is 11.4 Å². The first-order valence-electron chi connectivity index (χ1n) is 1.88. The van der Waals surface area contributed by atoms with Crippen molar-refractivity contribution < 1.29 is 0 Å². The highest BCUT2D eigenvalue weighted by atomic mass is 24.3. The van der Waals surface area contributed by atoms with Crippen LogP contribution in [0, 0.1) is 0 Å². The molecule has 0 aliphatic carbocycles. The van der Waals surface area contributed by atoms with Crippen LogP contribution in [-0.2, 0) is 0 Å². The second-order valence-electron chi connectivity index (χ2n) is 1.15. The van der Waals surface area contributed by atoms with Crippen LogP contribution in [0.4, 0.5) is 0 Å². The van der Waals surface area contributed by atoms with Crippen LogP contribution in [0.2, 0.25) is 0 Å². The molecule has 0 saturated heterocycles. The van der Waals surface area contributed by atoms with E-state index in [0.29, 0.717) is 0 Å². The van der Waals surface area contributed by atoms with Crippen molar-refractivity contribution in [2.24, 2.45) is 0 Å². The lowest BCUT2D eigenvalue weighted by Gasteiger charge is -1.78. The Morgan fingerprint density at radius 2 is 2.33 bits per heavy atom. The second-order valence-corrected chi connectivity index (χ2v) is 1.15. The van der Waals surface area contributed by atoms with Gasteiger partial charge in [0.05, 0.1) is 0 Å². The summed E-state index contributed by atoms with van der Waals surface area (Å²) in [7, 11) is 0. The average Bonchev–Trinajstić information content (AvgIpc) is 1.76. The van der Waals surface area contributed by atoms with Gasteiger partial charge >= 0.3 is 0 Å². The molecule has 1 aliphatic heterocycles. The Balaban J connectivity index is 0.000000250. The predicted octanol–water partition coefficient (Wildman–Crippen LogP) is 0.113. The SMILES string of the molecule is C1=CNCC1.[Mg]. The fourth-order valence-electron chi connectivity index (χ4n) is 0.417. The smallest absolute Gasteiger partial charge is 0.0176 e. The molecule has 1 rings (SSSR count). The molecule has 0 fully saturated rings. The topological polar surface area (TPSA) is 12.0 Å². The van der Waals surface area contributed by atoms with Crippen LogP contribution in [-0.4, -0.2) is 29.6 Å². The molecule has 0 bridgehead atoms. The van der Waals surface area contributed by atoms with Crippen molar-refractivity contribution in [1.29, 1.82) is 0 Å². The van der Waals surface area contributed by atoms with Gasteiger partial charge in [0, 0.05) is 29.6 Å². The van der Waals surface area contributed by atoms with Crippen molar-refractivity contribution in [2.75, 3.05) is 6.54 Å².